The van der Waals surface area contributed by atoms with Gasteiger partial charge in [0.25, 0.3) is 5.56 Å². The fraction of sp³-hybridized carbons (Fsp3) is 0.235. The summed E-state index contributed by atoms with van der Waals surface area (Å²) in [7, 11) is 0. The summed E-state index contributed by atoms with van der Waals surface area (Å²) in [5, 5.41) is 21.0. The Morgan fingerprint density at radius 2 is 2.09 bits per heavy atom. The average Bonchev–Trinajstić information content (AvgIpc) is 2.89. The number of nitrogens with zero attached hydrogens (tertiary/aromatic N) is 1. The number of pyridine rings is 1. The molecule has 3 aromatic rings. The first-order chi connectivity index (χ1) is 10.6. The van der Waals surface area contributed by atoms with E-state index in [4.69, 9.17) is 0 Å². The maximum Gasteiger partial charge on any atom is 0.293 e. The van der Waals surface area contributed by atoms with Crippen molar-refractivity contribution < 1.29 is 10.2 Å². The molecule has 0 radical (unpaired) electrons. The van der Waals surface area contributed by atoms with E-state index in [1.54, 1.807) is 17.6 Å². The lowest BCUT2D eigenvalue weighted by Gasteiger charge is -2.21. The SMILES string of the molecule is CC(O)c1cc2n(c(=O)c1O)CCc1c-2[nH]c2ccccc12. The van der Waals surface area contributed by atoms with E-state index in [2.05, 4.69) is 11.1 Å². The Kier molecular flexibility index (Phi) is 2.68. The molecule has 0 fully saturated rings. The van der Waals surface area contributed by atoms with Crippen molar-refractivity contribution in [1.82, 2.24) is 9.55 Å². The van der Waals surface area contributed by atoms with E-state index in [0.29, 0.717) is 6.54 Å². The van der Waals surface area contributed by atoms with Gasteiger partial charge in [-0.25, -0.2) is 0 Å². The molecule has 112 valence electrons. The van der Waals surface area contributed by atoms with Crippen LogP contribution in [0.5, 0.6) is 5.75 Å². The van der Waals surface area contributed by atoms with Gasteiger partial charge in [-0.05, 0) is 31.0 Å². The zero-order valence-electron chi connectivity index (χ0n) is 12.1. The number of para-hydroxylation sites is 1. The van der Waals surface area contributed by atoms with Gasteiger partial charge >= 0.3 is 0 Å². The molecule has 0 amide bonds. The Balaban J connectivity index is 2.07. The molecule has 0 saturated heterocycles. The Morgan fingerprint density at radius 1 is 1.32 bits per heavy atom. The van der Waals surface area contributed by atoms with Crippen molar-refractivity contribution in [2.75, 3.05) is 0 Å². The van der Waals surface area contributed by atoms with Crippen molar-refractivity contribution in [2.24, 2.45) is 0 Å². The molecule has 0 aliphatic carbocycles. The Morgan fingerprint density at radius 3 is 2.86 bits per heavy atom. The van der Waals surface area contributed by atoms with E-state index >= 15 is 0 Å². The third-order valence-electron chi connectivity index (χ3n) is 4.41. The number of aliphatic hydroxyl groups is 1. The Bertz CT molecular complexity index is 950. The molecular formula is C17H16N2O3. The fourth-order valence-corrected chi connectivity index (χ4v) is 3.30. The van der Waals surface area contributed by atoms with E-state index < -0.39 is 11.7 Å². The van der Waals surface area contributed by atoms with E-state index in [0.717, 1.165) is 28.7 Å². The predicted molar refractivity (Wildman–Crippen MR) is 84.0 cm³/mol. The third-order valence-corrected chi connectivity index (χ3v) is 4.41. The number of rotatable bonds is 1. The van der Waals surface area contributed by atoms with Crippen LogP contribution < -0.4 is 5.56 Å². The first kappa shape index (κ1) is 13.2. The largest absolute Gasteiger partial charge is 0.503 e. The number of aromatic hydroxyl groups is 1. The molecule has 1 atom stereocenters. The first-order valence-corrected chi connectivity index (χ1v) is 7.32. The zero-order valence-corrected chi connectivity index (χ0v) is 12.1. The lowest BCUT2D eigenvalue weighted by atomic mass is 9.99. The lowest BCUT2D eigenvalue weighted by Crippen LogP contribution is -2.26. The number of aliphatic hydroxyl groups excluding tert-OH is 1. The molecule has 2 aromatic heterocycles. The van der Waals surface area contributed by atoms with Crippen LogP contribution in [0, 0.1) is 0 Å². The summed E-state index contributed by atoms with van der Waals surface area (Å²) in [6.45, 7) is 2.07. The van der Waals surface area contributed by atoms with Crippen LogP contribution in [0.1, 0.15) is 24.2 Å². The fourth-order valence-electron chi connectivity index (χ4n) is 3.30. The highest BCUT2D eigenvalue weighted by atomic mass is 16.3. The molecule has 1 unspecified atom stereocenters. The summed E-state index contributed by atoms with van der Waals surface area (Å²) in [5.41, 5.74) is 3.64. The second kappa shape index (κ2) is 4.48. The Labute approximate surface area is 126 Å². The van der Waals surface area contributed by atoms with Crippen molar-refractivity contribution in [3.63, 3.8) is 0 Å². The third kappa shape index (κ3) is 1.66. The molecule has 1 aliphatic heterocycles. The van der Waals surface area contributed by atoms with Gasteiger partial charge in [-0.3, -0.25) is 4.79 Å². The summed E-state index contributed by atoms with van der Waals surface area (Å²) in [4.78, 5) is 15.7. The molecule has 0 bridgehead atoms. The maximum atomic E-state index is 12.4. The van der Waals surface area contributed by atoms with Gasteiger partial charge < -0.3 is 19.8 Å². The van der Waals surface area contributed by atoms with Gasteiger partial charge in [0.15, 0.2) is 5.75 Å². The van der Waals surface area contributed by atoms with Crippen LogP contribution in [0.3, 0.4) is 0 Å². The standard InChI is InChI=1S/C17H16N2O3/c1-9(20)12-8-14-15-11(6-7-19(14)17(22)16(12)21)10-4-2-3-5-13(10)18-15/h2-5,8-9,18,20-21H,6-7H2,1H3. The Hall–Kier alpha value is -2.53. The van der Waals surface area contributed by atoms with Crippen LogP contribution in [0.2, 0.25) is 0 Å². The van der Waals surface area contributed by atoms with Crippen LogP contribution in [-0.4, -0.2) is 19.8 Å². The predicted octanol–water partition coefficient (Wildman–Crippen LogP) is 2.31. The molecule has 1 aliphatic rings. The van der Waals surface area contributed by atoms with E-state index in [1.165, 1.54) is 5.56 Å². The highest BCUT2D eigenvalue weighted by Crippen LogP contribution is 2.36. The van der Waals surface area contributed by atoms with Gasteiger partial charge in [-0.15, -0.1) is 0 Å². The van der Waals surface area contributed by atoms with E-state index in [9.17, 15) is 15.0 Å². The normalized spacial score (nSPS) is 14.6. The molecule has 0 saturated carbocycles. The van der Waals surface area contributed by atoms with Gasteiger partial charge in [0.2, 0.25) is 0 Å². The second-order valence-electron chi connectivity index (χ2n) is 5.74. The van der Waals surface area contributed by atoms with Gasteiger partial charge in [0.1, 0.15) is 0 Å². The average molecular weight is 296 g/mol. The van der Waals surface area contributed by atoms with Crippen LogP contribution in [0.15, 0.2) is 35.1 Å². The van der Waals surface area contributed by atoms with Gasteiger partial charge in [-0.1, -0.05) is 18.2 Å². The highest BCUT2D eigenvalue weighted by molar-refractivity contribution is 5.90. The van der Waals surface area contributed by atoms with Crippen molar-refractivity contribution >= 4 is 10.9 Å². The number of fused-ring (bicyclic) bond motifs is 5. The summed E-state index contributed by atoms with van der Waals surface area (Å²) in [6.07, 6.45) is -0.159. The quantitative estimate of drug-likeness (QED) is 0.645. The van der Waals surface area contributed by atoms with Gasteiger partial charge in [-0.2, -0.15) is 0 Å². The molecule has 1 aromatic carbocycles. The number of hydrogen-bond acceptors (Lipinski definition) is 3. The van der Waals surface area contributed by atoms with E-state index in [-0.39, 0.29) is 11.3 Å². The summed E-state index contributed by atoms with van der Waals surface area (Å²) < 4.78 is 1.57. The monoisotopic (exact) mass is 296 g/mol. The van der Waals surface area contributed by atoms with E-state index in [1.807, 2.05) is 18.2 Å². The number of aromatic amines is 1. The first-order valence-electron chi connectivity index (χ1n) is 7.32. The second-order valence-corrected chi connectivity index (χ2v) is 5.74. The number of aromatic nitrogens is 2. The number of H-pyrrole nitrogens is 1. The minimum absolute atomic E-state index is 0.266. The number of aryl methyl sites for hydroxylation is 1. The zero-order chi connectivity index (χ0) is 15.4. The number of benzene rings is 1. The smallest absolute Gasteiger partial charge is 0.293 e. The topological polar surface area (TPSA) is 78.2 Å². The van der Waals surface area contributed by atoms with Crippen molar-refractivity contribution in [1.29, 1.82) is 0 Å². The molecule has 3 heterocycles. The van der Waals surface area contributed by atoms with Crippen molar-refractivity contribution in [3.8, 4) is 17.1 Å². The summed E-state index contributed by atoms with van der Waals surface area (Å²) in [6, 6.07) is 9.74. The summed E-state index contributed by atoms with van der Waals surface area (Å²) in [5.74, 6) is -0.363. The molecule has 5 heteroatoms. The van der Waals surface area contributed by atoms with Gasteiger partial charge in [0, 0.05) is 23.0 Å². The molecule has 4 rings (SSSR count). The van der Waals surface area contributed by atoms with Gasteiger partial charge in [0.05, 0.1) is 17.5 Å². The highest BCUT2D eigenvalue weighted by Gasteiger charge is 2.25. The molecule has 22 heavy (non-hydrogen) atoms. The summed E-state index contributed by atoms with van der Waals surface area (Å²) >= 11 is 0. The van der Waals surface area contributed by atoms with Crippen LogP contribution in [-0.2, 0) is 13.0 Å². The number of nitrogens with one attached hydrogen (secondary N) is 1. The minimum Gasteiger partial charge on any atom is -0.503 e. The molecule has 3 N–H and O–H groups in total. The van der Waals surface area contributed by atoms with Crippen LogP contribution in [0.4, 0.5) is 0 Å². The number of hydrogen-bond donors (Lipinski definition) is 3. The molecular weight excluding hydrogens is 280 g/mol. The lowest BCUT2D eigenvalue weighted by molar-refractivity contribution is 0.194. The van der Waals surface area contributed by atoms with Crippen LogP contribution in [0.25, 0.3) is 22.3 Å². The molecule has 0 spiro atoms. The van der Waals surface area contributed by atoms with Crippen LogP contribution >= 0.6 is 0 Å². The van der Waals surface area contributed by atoms with Crippen molar-refractivity contribution in [2.45, 2.75) is 26.0 Å². The molecule has 5 nitrogen and oxygen atoms in total. The minimum atomic E-state index is -0.895. The van der Waals surface area contributed by atoms with Crippen molar-refractivity contribution in [3.05, 3.63) is 51.8 Å². The maximum absolute atomic E-state index is 12.4.